The summed E-state index contributed by atoms with van der Waals surface area (Å²) in [5.41, 5.74) is 2.33. The van der Waals surface area contributed by atoms with Gasteiger partial charge in [0.25, 0.3) is 0 Å². The van der Waals surface area contributed by atoms with E-state index in [1.54, 1.807) is 55.0 Å². The Hall–Kier alpha value is -4.21. The topological polar surface area (TPSA) is 81.1 Å². The maximum atomic E-state index is 13.6. The van der Waals surface area contributed by atoms with Crippen LogP contribution >= 0.6 is 0 Å². The van der Waals surface area contributed by atoms with Gasteiger partial charge in [-0.3, -0.25) is 9.38 Å². The first-order chi connectivity index (χ1) is 15.8. The first-order valence-corrected chi connectivity index (χ1v) is 9.96. The first-order valence-electron chi connectivity index (χ1n) is 9.96. The molecule has 1 N–H and O–H groups in total. The Morgan fingerprint density at radius 1 is 0.970 bits per heavy atom. The quantitative estimate of drug-likeness (QED) is 0.371. The lowest BCUT2D eigenvalue weighted by atomic mass is 10.0. The number of nitrogens with one attached hydrogen (secondary N) is 1. The van der Waals surface area contributed by atoms with Crippen LogP contribution in [-0.4, -0.2) is 24.3 Å². The predicted molar refractivity (Wildman–Crippen MR) is 116 cm³/mol. The minimum Gasteiger partial charge on any atom is -0.439 e. The summed E-state index contributed by atoms with van der Waals surface area (Å²) in [5.74, 6) is 1.10. The Morgan fingerprint density at radius 2 is 1.79 bits per heavy atom. The maximum absolute atomic E-state index is 13.6. The van der Waals surface area contributed by atoms with Crippen LogP contribution in [0.25, 0.3) is 28.4 Å². The zero-order chi connectivity index (χ0) is 23.2. The Kier molecular flexibility index (Phi) is 4.85. The lowest BCUT2D eigenvalue weighted by Gasteiger charge is -2.11. The van der Waals surface area contributed by atoms with Crippen LogP contribution in [0.3, 0.4) is 0 Å². The smallest absolute Gasteiger partial charge is 0.417 e. The SMILES string of the molecule is Cc1ncc(-c2ccc(Nc3cncn4c(C)c(-c5ccccc5C(F)(F)F)nc34)cn2)o1. The van der Waals surface area contributed by atoms with Crippen molar-refractivity contribution in [3.8, 4) is 22.7 Å². The summed E-state index contributed by atoms with van der Waals surface area (Å²) in [6.45, 7) is 3.46. The summed E-state index contributed by atoms with van der Waals surface area (Å²) in [4.78, 5) is 17.2. The average Bonchev–Trinajstić information content (AvgIpc) is 3.38. The van der Waals surface area contributed by atoms with Crippen LogP contribution in [-0.2, 0) is 6.18 Å². The molecule has 7 nitrogen and oxygen atoms in total. The lowest BCUT2D eigenvalue weighted by molar-refractivity contribution is -0.137. The van der Waals surface area contributed by atoms with Crippen molar-refractivity contribution < 1.29 is 17.6 Å². The zero-order valence-electron chi connectivity index (χ0n) is 17.6. The van der Waals surface area contributed by atoms with Crippen molar-refractivity contribution >= 4 is 17.0 Å². The molecule has 33 heavy (non-hydrogen) atoms. The summed E-state index contributed by atoms with van der Waals surface area (Å²) >= 11 is 0. The molecule has 0 bridgehead atoms. The van der Waals surface area contributed by atoms with E-state index >= 15 is 0 Å². The van der Waals surface area contributed by atoms with Crippen LogP contribution < -0.4 is 5.32 Å². The van der Waals surface area contributed by atoms with Gasteiger partial charge in [-0.05, 0) is 25.1 Å². The third-order valence-electron chi connectivity index (χ3n) is 5.18. The molecular formula is C23H17F3N6O. The molecule has 1 aromatic carbocycles. The van der Waals surface area contributed by atoms with Crippen molar-refractivity contribution in [2.24, 2.45) is 0 Å². The molecule has 0 aliphatic rings. The number of fused-ring (bicyclic) bond motifs is 1. The molecule has 0 saturated heterocycles. The van der Waals surface area contributed by atoms with Gasteiger partial charge >= 0.3 is 6.18 Å². The molecule has 0 unspecified atom stereocenters. The van der Waals surface area contributed by atoms with E-state index in [1.165, 1.54) is 18.5 Å². The Balaban J connectivity index is 1.53. The van der Waals surface area contributed by atoms with Gasteiger partial charge in [-0.1, -0.05) is 18.2 Å². The summed E-state index contributed by atoms with van der Waals surface area (Å²) < 4.78 is 47.8. The Labute approximate surface area is 186 Å². The van der Waals surface area contributed by atoms with Gasteiger partial charge < -0.3 is 9.73 Å². The van der Waals surface area contributed by atoms with Crippen LogP contribution in [0.2, 0.25) is 0 Å². The molecule has 166 valence electrons. The second kappa shape index (κ2) is 7.73. The molecule has 0 aliphatic heterocycles. The van der Waals surface area contributed by atoms with Gasteiger partial charge in [-0.15, -0.1) is 0 Å². The van der Waals surface area contributed by atoms with Gasteiger partial charge in [0.05, 0.1) is 35.5 Å². The Bertz CT molecular complexity index is 1450. The van der Waals surface area contributed by atoms with Gasteiger partial charge in [0.1, 0.15) is 17.7 Å². The normalized spacial score (nSPS) is 11.8. The zero-order valence-corrected chi connectivity index (χ0v) is 17.6. The highest BCUT2D eigenvalue weighted by molar-refractivity contribution is 5.78. The van der Waals surface area contributed by atoms with E-state index in [4.69, 9.17) is 4.42 Å². The largest absolute Gasteiger partial charge is 0.439 e. The molecule has 0 spiro atoms. The standard InChI is InChI=1S/C23H17F3N6O/c1-13-21(16-5-3-4-6-17(16)23(24,25)26)31-22-19(10-27-12-32(13)22)30-15-7-8-18(29-9-15)20-11-28-14(2)33-20/h3-12,30H,1-2H3. The first kappa shape index (κ1) is 20.7. The minimum atomic E-state index is -4.49. The highest BCUT2D eigenvalue weighted by Crippen LogP contribution is 2.38. The van der Waals surface area contributed by atoms with Gasteiger partial charge in [-0.2, -0.15) is 13.2 Å². The monoisotopic (exact) mass is 450 g/mol. The second-order valence-corrected chi connectivity index (χ2v) is 7.39. The lowest BCUT2D eigenvalue weighted by Crippen LogP contribution is -2.07. The molecule has 4 aromatic heterocycles. The number of rotatable bonds is 4. The number of aromatic nitrogens is 5. The predicted octanol–water partition coefficient (Wildman–Crippen LogP) is 5.83. The van der Waals surface area contributed by atoms with E-state index in [9.17, 15) is 13.2 Å². The molecule has 0 aliphatic carbocycles. The number of benzene rings is 1. The van der Waals surface area contributed by atoms with E-state index in [1.807, 2.05) is 0 Å². The molecule has 10 heteroatoms. The third kappa shape index (κ3) is 3.79. The molecule has 0 radical (unpaired) electrons. The van der Waals surface area contributed by atoms with Crippen molar-refractivity contribution in [2.45, 2.75) is 20.0 Å². The van der Waals surface area contributed by atoms with Crippen molar-refractivity contribution in [3.05, 3.63) is 78.5 Å². The number of alkyl halides is 3. The van der Waals surface area contributed by atoms with Crippen molar-refractivity contribution in [2.75, 3.05) is 5.32 Å². The second-order valence-electron chi connectivity index (χ2n) is 7.39. The van der Waals surface area contributed by atoms with E-state index in [2.05, 4.69) is 25.3 Å². The van der Waals surface area contributed by atoms with Crippen LogP contribution in [0.15, 0.2) is 65.7 Å². The number of anilines is 2. The van der Waals surface area contributed by atoms with E-state index in [-0.39, 0.29) is 11.3 Å². The number of aryl methyl sites for hydroxylation is 2. The van der Waals surface area contributed by atoms with Gasteiger partial charge in [0.15, 0.2) is 17.3 Å². The maximum Gasteiger partial charge on any atom is 0.417 e. The van der Waals surface area contributed by atoms with Crippen molar-refractivity contribution in [1.29, 1.82) is 0 Å². The molecular weight excluding hydrogens is 433 g/mol. The van der Waals surface area contributed by atoms with E-state index < -0.39 is 11.7 Å². The average molecular weight is 450 g/mol. The fourth-order valence-electron chi connectivity index (χ4n) is 3.61. The van der Waals surface area contributed by atoms with Crippen molar-refractivity contribution in [3.63, 3.8) is 0 Å². The van der Waals surface area contributed by atoms with Gasteiger partial charge in [-0.25, -0.2) is 15.0 Å². The summed E-state index contributed by atoms with van der Waals surface area (Å²) in [5, 5.41) is 3.19. The molecule has 5 rings (SSSR count). The molecule has 4 heterocycles. The van der Waals surface area contributed by atoms with E-state index in [0.29, 0.717) is 40.1 Å². The number of hydrogen-bond acceptors (Lipinski definition) is 6. The van der Waals surface area contributed by atoms with E-state index in [0.717, 1.165) is 6.07 Å². The molecule has 0 amide bonds. The molecule has 0 atom stereocenters. The highest BCUT2D eigenvalue weighted by Gasteiger charge is 2.34. The fourth-order valence-corrected chi connectivity index (χ4v) is 3.61. The number of oxazole rings is 1. The van der Waals surface area contributed by atoms with Crippen LogP contribution in [0.4, 0.5) is 24.5 Å². The number of imidazole rings is 1. The number of pyridine rings is 1. The number of hydrogen-bond donors (Lipinski definition) is 1. The summed E-state index contributed by atoms with van der Waals surface area (Å²) in [7, 11) is 0. The van der Waals surface area contributed by atoms with Crippen LogP contribution in [0.1, 0.15) is 17.1 Å². The van der Waals surface area contributed by atoms with Crippen molar-refractivity contribution in [1.82, 2.24) is 24.3 Å². The fraction of sp³-hybridized carbons (Fsp3) is 0.130. The molecule has 0 fully saturated rings. The van der Waals surface area contributed by atoms with Crippen LogP contribution in [0, 0.1) is 13.8 Å². The highest BCUT2D eigenvalue weighted by atomic mass is 19.4. The number of nitrogens with zero attached hydrogens (tertiary/aromatic N) is 5. The van der Waals surface area contributed by atoms with Gasteiger partial charge in [0, 0.05) is 18.2 Å². The molecule has 5 aromatic rings. The third-order valence-corrected chi connectivity index (χ3v) is 5.18. The summed E-state index contributed by atoms with van der Waals surface area (Å²) in [6.07, 6.45) is 1.81. The van der Waals surface area contributed by atoms with Crippen LogP contribution in [0.5, 0.6) is 0 Å². The number of halogens is 3. The molecule has 0 saturated carbocycles. The Morgan fingerprint density at radius 3 is 2.48 bits per heavy atom. The minimum absolute atomic E-state index is 0.0190. The summed E-state index contributed by atoms with van der Waals surface area (Å²) in [6, 6.07) is 8.99. The van der Waals surface area contributed by atoms with Gasteiger partial charge in [0.2, 0.25) is 0 Å².